The van der Waals surface area contributed by atoms with Crippen LogP contribution < -0.4 is 14.7 Å². The molecule has 3 aromatic heterocycles. The van der Waals surface area contributed by atoms with Crippen LogP contribution in [0.1, 0.15) is 127 Å². The second kappa shape index (κ2) is 34.0. The summed E-state index contributed by atoms with van der Waals surface area (Å²) in [6, 6.07) is 27.9. The zero-order valence-corrected chi connectivity index (χ0v) is 65.3. The molecule has 0 bridgehead atoms. The third-order valence-corrected chi connectivity index (χ3v) is 20.5. The fraction of sp³-hybridized carbons (Fsp3) is 0.520. The van der Waals surface area contributed by atoms with Gasteiger partial charge in [-0.1, -0.05) is 103 Å². The van der Waals surface area contributed by atoms with E-state index in [1.54, 1.807) is 56.2 Å². The number of hydrogen-bond donors (Lipinski definition) is 0. The molecule has 0 unspecified atom stereocenters. The molecule has 28 nitrogen and oxygen atoms in total. The van der Waals surface area contributed by atoms with Crippen molar-refractivity contribution < 1.29 is 59.8 Å². The quantitative estimate of drug-likeness (QED) is 0.0409. The summed E-state index contributed by atoms with van der Waals surface area (Å²) in [5.41, 5.74) is 5.13. The van der Waals surface area contributed by atoms with Gasteiger partial charge < -0.3 is 43.6 Å². The van der Waals surface area contributed by atoms with E-state index in [2.05, 4.69) is 49.3 Å². The van der Waals surface area contributed by atoms with Crippen LogP contribution in [0.4, 0.5) is 31.8 Å². The first kappa shape index (κ1) is 79.8. The summed E-state index contributed by atoms with van der Waals surface area (Å²) in [6.45, 7) is 28.0. The van der Waals surface area contributed by atoms with E-state index in [0.29, 0.717) is 157 Å². The molecular weight excluding hydrogens is 1420 g/mol. The van der Waals surface area contributed by atoms with Crippen molar-refractivity contribution in [1.29, 1.82) is 0 Å². The summed E-state index contributed by atoms with van der Waals surface area (Å²) < 4.78 is 66.0. The molecular formula is C75H99N15O13S3. The summed E-state index contributed by atoms with van der Waals surface area (Å²) in [5, 5.41) is 0.217. The largest absolute Gasteiger partial charge is 0.444 e. The van der Waals surface area contributed by atoms with E-state index in [4.69, 9.17) is 24.2 Å². The Kier molecular flexibility index (Phi) is 25.6. The number of aromatic nitrogens is 6. The third-order valence-electron chi connectivity index (χ3n) is 18.3. The van der Waals surface area contributed by atoms with Crippen LogP contribution in [-0.4, -0.2) is 265 Å². The number of amides is 3. The van der Waals surface area contributed by atoms with Crippen molar-refractivity contribution in [2.45, 2.75) is 133 Å². The average Bonchev–Trinajstić information content (AvgIpc) is 0.775. The topological polar surface area (TPSA) is 305 Å². The molecule has 3 amide bonds. The Morgan fingerprint density at radius 1 is 0.377 bits per heavy atom. The lowest BCUT2D eigenvalue weighted by atomic mass is 10.0. The highest BCUT2D eigenvalue weighted by Crippen LogP contribution is 2.34. The predicted octanol–water partition coefficient (Wildman–Crippen LogP) is 7.85. The van der Waals surface area contributed by atoms with Crippen LogP contribution in [0, 0.1) is 0 Å². The van der Waals surface area contributed by atoms with Crippen LogP contribution >= 0.6 is 11.8 Å². The van der Waals surface area contributed by atoms with Crippen LogP contribution in [0.5, 0.6) is 0 Å². The van der Waals surface area contributed by atoms with Gasteiger partial charge in [0.1, 0.15) is 34.3 Å². The number of carbonyl (C=O) groups is 6. The van der Waals surface area contributed by atoms with Gasteiger partial charge in [0.05, 0.1) is 56.4 Å². The minimum atomic E-state index is -3.66. The SMILES string of the molecule is CC(C)(C)OC(=O)N1CCc2c(nc(S(C)(=O)=O)nc2N2CCN(CC(=O)c3ccccc3)CC2)C1.CC(C)(C)OC(=O)N1CCc2c(nc(S(C)(=O)=O)nc2N2CCN(CC(=O)c3ccccc3)CC2)C1.CSc1nc2c(c(N3CCN(CC(=O)c4ccccc4)CC3)n1)CCN(C(=O)OC(C)(C)C)C2. The molecule has 12 rings (SSSR count). The standard InChI is InChI=1S/2C25H33N5O5S.C25H33N5O3S/c2*1-25(2,3)35-24(32)30-11-10-19-20(16-30)26-23(36(4,33)34)27-22(19)29-14-12-28(13-15-29)17-21(31)18-8-6-5-7-9-18;1-25(2,3)33-24(32)30-11-10-19-20(16-30)26-23(34-4)27-22(19)29-14-12-28(13-15-29)17-21(31)18-8-6-5-7-9-18/h2*5-9H,10-17H2,1-4H3;5-9H,10-17H2,1-4H3. The second-order valence-electron chi connectivity index (χ2n) is 30.1. The van der Waals surface area contributed by atoms with Gasteiger partial charge in [-0.3, -0.25) is 29.1 Å². The number of carbonyl (C=O) groups excluding carboxylic acids is 6. The van der Waals surface area contributed by atoms with E-state index in [0.717, 1.165) is 72.5 Å². The minimum Gasteiger partial charge on any atom is -0.444 e. The van der Waals surface area contributed by atoms with Gasteiger partial charge in [-0.05, 0) is 87.8 Å². The monoisotopic (exact) mass is 1510 g/mol. The number of benzene rings is 3. The summed E-state index contributed by atoms with van der Waals surface area (Å²) in [5.74, 6) is 2.46. The number of sulfone groups is 2. The zero-order chi connectivity index (χ0) is 76.5. The normalized spacial score (nSPS) is 16.9. The molecule has 3 fully saturated rings. The predicted molar refractivity (Wildman–Crippen MR) is 403 cm³/mol. The Morgan fingerprint density at radius 3 is 0.896 bits per heavy atom. The molecule has 0 aliphatic carbocycles. The average molecular weight is 1510 g/mol. The highest BCUT2D eigenvalue weighted by atomic mass is 32.2. The van der Waals surface area contributed by atoms with Crippen molar-refractivity contribution in [2.75, 3.05) is 151 Å². The Balaban J connectivity index is 0.000000170. The number of Topliss-reactive ketones (excluding diaryl/α,β-unsaturated/α-hetero) is 3. The van der Waals surface area contributed by atoms with Crippen LogP contribution in [0.2, 0.25) is 0 Å². The Labute approximate surface area is 626 Å². The molecule has 0 saturated carbocycles. The van der Waals surface area contributed by atoms with Crippen molar-refractivity contribution in [2.24, 2.45) is 0 Å². The number of hydrogen-bond acceptors (Lipinski definition) is 26. The number of anilines is 3. The van der Waals surface area contributed by atoms with E-state index >= 15 is 0 Å². The molecule has 31 heteroatoms. The van der Waals surface area contributed by atoms with Gasteiger partial charge in [0.15, 0.2) is 22.5 Å². The smallest absolute Gasteiger partial charge is 0.410 e. The van der Waals surface area contributed by atoms with E-state index in [-0.39, 0.29) is 46.8 Å². The number of nitrogens with zero attached hydrogens (tertiary/aromatic N) is 15. The van der Waals surface area contributed by atoms with Crippen molar-refractivity contribution >= 4 is 84.5 Å². The summed E-state index contributed by atoms with van der Waals surface area (Å²) in [7, 11) is -7.32. The van der Waals surface area contributed by atoms with Crippen molar-refractivity contribution in [1.82, 2.24) is 59.3 Å². The van der Waals surface area contributed by atoms with Crippen LogP contribution in [0.3, 0.4) is 0 Å². The molecule has 6 aliphatic heterocycles. The Bertz CT molecular complexity index is 4190. The molecule has 6 aromatic rings. The molecule has 6 aliphatic rings. The van der Waals surface area contributed by atoms with Crippen molar-refractivity contribution in [3.63, 3.8) is 0 Å². The lowest BCUT2D eigenvalue weighted by Crippen LogP contribution is -2.49. The Hall–Kier alpha value is -8.75. The second-order valence-corrected chi connectivity index (χ2v) is 34.7. The number of fused-ring (bicyclic) bond motifs is 3. The maximum Gasteiger partial charge on any atom is 0.410 e. The van der Waals surface area contributed by atoms with Crippen molar-refractivity contribution in [3.05, 3.63) is 141 Å². The molecule has 0 atom stereocenters. The first-order chi connectivity index (χ1) is 50.0. The highest BCUT2D eigenvalue weighted by Gasteiger charge is 2.37. The summed E-state index contributed by atoms with van der Waals surface area (Å²) >= 11 is 1.51. The number of rotatable bonds is 15. The van der Waals surface area contributed by atoms with Gasteiger partial charge in [0, 0.05) is 144 Å². The number of thioether (sulfide) groups is 1. The molecule has 0 N–H and O–H groups in total. The van der Waals surface area contributed by atoms with E-state index < -0.39 is 48.7 Å². The van der Waals surface area contributed by atoms with Gasteiger partial charge in [-0.2, -0.15) is 0 Å². The van der Waals surface area contributed by atoms with E-state index in [1.165, 1.54) is 11.8 Å². The fourth-order valence-corrected chi connectivity index (χ4v) is 14.4. The summed E-state index contributed by atoms with van der Waals surface area (Å²) in [4.78, 5) is 120. The van der Waals surface area contributed by atoms with Crippen molar-refractivity contribution in [3.8, 4) is 0 Å². The Morgan fingerprint density at radius 2 is 0.642 bits per heavy atom. The number of piperazine rings is 3. The van der Waals surface area contributed by atoms with Gasteiger partial charge >= 0.3 is 18.3 Å². The third kappa shape index (κ3) is 21.7. The number of ketones is 3. The molecule has 3 aromatic carbocycles. The molecule has 106 heavy (non-hydrogen) atoms. The number of ether oxygens (including phenoxy) is 3. The van der Waals surface area contributed by atoms with Gasteiger partial charge in [0.25, 0.3) is 0 Å². The maximum absolute atomic E-state index is 12.6. The molecule has 9 heterocycles. The zero-order valence-electron chi connectivity index (χ0n) is 62.9. The van der Waals surface area contributed by atoms with E-state index in [9.17, 15) is 45.6 Å². The minimum absolute atomic E-state index is 0.0741. The first-order valence-electron chi connectivity index (χ1n) is 35.8. The van der Waals surface area contributed by atoms with Crippen LogP contribution in [0.15, 0.2) is 106 Å². The highest BCUT2D eigenvalue weighted by molar-refractivity contribution is 7.98. The first-order valence-corrected chi connectivity index (χ1v) is 40.8. The van der Waals surface area contributed by atoms with Gasteiger partial charge in [-0.15, -0.1) is 0 Å². The van der Waals surface area contributed by atoms with Gasteiger partial charge in [-0.25, -0.2) is 61.1 Å². The molecule has 3 saturated heterocycles. The lowest BCUT2D eigenvalue weighted by molar-refractivity contribution is 0.0210. The van der Waals surface area contributed by atoms with Gasteiger partial charge in [0.2, 0.25) is 30.0 Å². The van der Waals surface area contributed by atoms with Crippen LogP contribution in [0.25, 0.3) is 0 Å². The van der Waals surface area contributed by atoms with Crippen LogP contribution in [-0.2, 0) is 72.8 Å². The molecule has 0 spiro atoms. The summed E-state index contributed by atoms with van der Waals surface area (Å²) in [6.07, 6.45) is 4.62. The lowest BCUT2D eigenvalue weighted by Gasteiger charge is -2.37. The van der Waals surface area contributed by atoms with E-state index in [1.807, 2.05) is 118 Å². The molecule has 0 radical (unpaired) electrons. The molecule has 570 valence electrons. The fourth-order valence-electron chi connectivity index (χ4n) is 12.9. The maximum atomic E-state index is 12.6.